The number of likely N-dealkylation sites (tertiary alicyclic amines) is 1. The van der Waals surface area contributed by atoms with Gasteiger partial charge in [0.1, 0.15) is 0 Å². The van der Waals surface area contributed by atoms with Gasteiger partial charge in [0.15, 0.2) is 0 Å². The number of aliphatic hydroxyl groups is 1. The monoisotopic (exact) mass is 141 g/mol. The van der Waals surface area contributed by atoms with Gasteiger partial charge in [-0.05, 0) is 13.8 Å². The summed E-state index contributed by atoms with van der Waals surface area (Å²) in [7, 11) is 0. The summed E-state index contributed by atoms with van der Waals surface area (Å²) in [4.78, 5) is 2.18. The second-order valence-corrected chi connectivity index (χ2v) is 3.60. The van der Waals surface area contributed by atoms with Gasteiger partial charge >= 0.3 is 0 Å². The summed E-state index contributed by atoms with van der Waals surface area (Å²) in [6.07, 6.45) is 0. The Balaban J connectivity index is 2.21. The number of nitrogens with zero attached hydrogens (tertiary/aromatic N) is 1. The van der Waals surface area contributed by atoms with Crippen molar-refractivity contribution < 1.29 is 5.11 Å². The lowest BCUT2D eigenvalue weighted by molar-refractivity contribution is -0.0787. The Bertz CT molecular complexity index is 143. The number of hydrogen-bond donors (Lipinski definition) is 1. The Kier molecular flexibility index (Phi) is 1.84. The van der Waals surface area contributed by atoms with Crippen LogP contribution in [-0.4, -0.2) is 35.2 Å². The first kappa shape index (κ1) is 7.76. The van der Waals surface area contributed by atoms with Crippen LogP contribution in [0.4, 0.5) is 0 Å². The van der Waals surface area contributed by atoms with Gasteiger partial charge in [-0.15, -0.1) is 0 Å². The lowest BCUT2D eigenvalue weighted by Crippen LogP contribution is -2.59. The topological polar surface area (TPSA) is 23.5 Å². The van der Waals surface area contributed by atoms with E-state index in [0.717, 1.165) is 25.2 Å². The molecule has 0 aromatic carbocycles. The van der Waals surface area contributed by atoms with E-state index in [1.54, 1.807) is 0 Å². The highest BCUT2D eigenvalue weighted by molar-refractivity contribution is 4.99. The van der Waals surface area contributed by atoms with Crippen LogP contribution in [0.3, 0.4) is 0 Å². The van der Waals surface area contributed by atoms with Crippen molar-refractivity contribution in [1.29, 1.82) is 0 Å². The van der Waals surface area contributed by atoms with Crippen LogP contribution < -0.4 is 0 Å². The molecule has 2 nitrogen and oxygen atoms in total. The van der Waals surface area contributed by atoms with Gasteiger partial charge in [-0.25, -0.2) is 0 Å². The molecule has 0 atom stereocenters. The van der Waals surface area contributed by atoms with Gasteiger partial charge in [0.05, 0.1) is 5.60 Å². The van der Waals surface area contributed by atoms with Crippen LogP contribution in [0, 0.1) is 0 Å². The number of hydrogen-bond acceptors (Lipinski definition) is 2. The molecule has 1 aliphatic heterocycles. The number of β-amino-alcohol motifs (C(OH)–C–C–N with tert-alkyl or cyclic N) is 1. The van der Waals surface area contributed by atoms with Crippen LogP contribution in [0.5, 0.6) is 0 Å². The first-order valence-electron chi connectivity index (χ1n) is 3.59. The average Bonchev–Trinajstić information content (AvgIpc) is 1.57. The maximum atomic E-state index is 9.33. The maximum Gasteiger partial charge on any atom is 0.0872 e. The van der Waals surface area contributed by atoms with Crippen LogP contribution in [0.25, 0.3) is 0 Å². The molecule has 0 amide bonds. The van der Waals surface area contributed by atoms with Gasteiger partial charge in [-0.3, -0.25) is 4.90 Å². The van der Waals surface area contributed by atoms with Crippen molar-refractivity contribution in [2.45, 2.75) is 19.4 Å². The van der Waals surface area contributed by atoms with E-state index in [0.29, 0.717) is 0 Å². The summed E-state index contributed by atoms with van der Waals surface area (Å²) in [6.45, 7) is 10.2. The summed E-state index contributed by atoms with van der Waals surface area (Å²) < 4.78 is 0. The van der Waals surface area contributed by atoms with E-state index in [-0.39, 0.29) is 0 Å². The Morgan fingerprint density at radius 1 is 1.70 bits per heavy atom. The van der Waals surface area contributed by atoms with Gasteiger partial charge in [0.2, 0.25) is 0 Å². The molecule has 0 bridgehead atoms. The second kappa shape index (κ2) is 2.36. The predicted octanol–water partition coefficient (Wildman–Crippen LogP) is 0.629. The molecule has 2 heteroatoms. The molecule has 1 saturated heterocycles. The lowest BCUT2D eigenvalue weighted by Gasteiger charge is -2.44. The molecule has 0 aromatic rings. The summed E-state index contributed by atoms with van der Waals surface area (Å²) in [6, 6.07) is 0. The lowest BCUT2D eigenvalue weighted by atomic mass is 9.97. The molecule has 0 aliphatic carbocycles. The molecule has 1 heterocycles. The summed E-state index contributed by atoms with van der Waals surface area (Å²) >= 11 is 0. The molecule has 1 aliphatic rings. The number of rotatable bonds is 2. The van der Waals surface area contributed by atoms with Crippen molar-refractivity contribution in [3.63, 3.8) is 0 Å². The Labute approximate surface area is 62.2 Å². The molecule has 0 saturated carbocycles. The van der Waals surface area contributed by atoms with Crippen LogP contribution in [0.2, 0.25) is 0 Å². The van der Waals surface area contributed by atoms with E-state index in [9.17, 15) is 5.11 Å². The zero-order chi connectivity index (χ0) is 7.78. The quantitative estimate of drug-likeness (QED) is 0.570. The van der Waals surface area contributed by atoms with Crippen molar-refractivity contribution >= 4 is 0 Å². The van der Waals surface area contributed by atoms with Crippen molar-refractivity contribution in [2.75, 3.05) is 19.6 Å². The summed E-state index contributed by atoms with van der Waals surface area (Å²) in [5.41, 5.74) is 0.727. The molecular weight excluding hydrogens is 126 g/mol. The van der Waals surface area contributed by atoms with Gasteiger partial charge in [0.25, 0.3) is 0 Å². The highest BCUT2D eigenvalue weighted by atomic mass is 16.3. The largest absolute Gasteiger partial charge is 0.388 e. The van der Waals surface area contributed by atoms with Crippen molar-refractivity contribution in [2.24, 2.45) is 0 Å². The third-order valence-electron chi connectivity index (χ3n) is 1.62. The van der Waals surface area contributed by atoms with E-state index in [1.807, 2.05) is 13.8 Å². The minimum atomic E-state index is -0.435. The zero-order valence-corrected chi connectivity index (χ0v) is 6.72. The fourth-order valence-electron chi connectivity index (χ4n) is 1.41. The van der Waals surface area contributed by atoms with E-state index >= 15 is 0 Å². The van der Waals surface area contributed by atoms with Gasteiger partial charge < -0.3 is 5.11 Å². The third kappa shape index (κ3) is 1.82. The summed E-state index contributed by atoms with van der Waals surface area (Å²) in [5, 5.41) is 9.33. The molecule has 0 aromatic heterocycles. The van der Waals surface area contributed by atoms with E-state index in [1.165, 1.54) is 0 Å². The zero-order valence-electron chi connectivity index (χ0n) is 6.72. The van der Waals surface area contributed by atoms with Crippen LogP contribution in [0.1, 0.15) is 13.8 Å². The molecule has 0 radical (unpaired) electrons. The first-order valence-corrected chi connectivity index (χ1v) is 3.59. The third-order valence-corrected chi connectivity index (χ3v) is 1.62. The van der Waals surface area contributed by atoms with Crippen molar-refractivity contribution in [3.05, 3.63) is 12.2 Å². The first-order chi connectivity index (χ1) is 4.49. The second-order valence-electron chi connectivity index (χ2n) is 3.60. The Morgan fingerprint density at radius 2 is 2.20 bits per heavy atom. The van der Waals surface area contributed by atoms with Gasteiger partial charge in [0, 0.05) is 19.6 Å². The van der Waals surface area contributed by atoms with Crippen LogP contribution in [0.15, 0.2) is 12.2 Å². The Hall–Kier alpha value is -0.340. The highest BCUT2D eigenvalue weighted by Crippen LogP contribution is 2.19. The molecule has 1 N–H and O–H groups in total. The van der Waals surface area contributed by atoms with Crippen LogP contribution in [-0.2, 0) is 0 Å². The summed E-state index contributed by atoms with van der Waals surface area (Å²) in [5.74, 6) is 0. The highest BCUT2D eigenvalue weighted by Gasteiger charge is 2.35. The van der Waals surface area contributed by atoms with E-state index in [4.69, 9.17) is 0 Å². The molecule has 0 spiro atoms. The van der Waals surface area contributed by atoms with Crippen LogP contribution >= 0.6 is 0 Å². The average molecular weight is 141 g/mol. The molecule has 10 heavy (non-hydrogen) atoms. The Morgan fingerprint density at radius 3 is 2.50 bits per heavy atom. The fraction of sp³-hybridized carbons (Fsp3) is 0.750. The molecule has 58 valence electrons. The standard InChI is InChI=1S/C8H15NO/c1-7(2)4-9-5-8(3,10)6-9/h10H,1,4-6H2,2-3H3. The van der Waals surface area contributed by atoms with E-state index in [2.05, 4.69) is 11.5 Å². The minimum Gasteiger partial charge on any atom is -0.388 e. The molecule has 1 fully saturated rings. The smallest absolute Gasteiger partial charge is 0.0872 e. The van der Waals surface area contributed by atoms with Crippen molar-refractivity contribution in [3.8, 4) is 0 Å². The normalized spacial score (nSPS) is 23.9. The SMILES string of the molecule is C=C(C)CN1CC(C)(O)C1. The molecular formula is C8H15NO. The minimum absolute atomic E-state index is 0.435. The van der Waals surface area contributed by atoms with E-state index < -0.39 is 5.60 Å². The van der Waals surface area contributed by atoms with Crippen molar-refractivity contribution in [1.82, 2.24) is 4.90 Å². The molecule has 1 rings (SSSR count). The fourth-order valence-corrected chi connectivity index (χ4v) is 1.41. The van der Waals surface area contributed by atoms with Gasteiger partial charge in [-0.1, -0.05) is 12.2 Å². The van der Waals surface area contributed by atoms with Gasteiger partial charge in [-0.2, -0.15) is 0 Å². The maximum absolute atomic E-state index is 9.33. The molecule has 0 unspecified atom stereocenters. The predicted molar refractivity (Wildman–Crippen MR) is 41.9 cm³/mol.